The maximum absolute atomic E-state index is 13.3. The molecular formula is C27H26N4O5. The third-order valence-electron chi connectivity index (χ3n) is 6.73. The van der Waals surface area contributed by atoms with Gasteiger partial charge in [-0.1, -0.05) is 24.3 Å². The number of para-hydroxylation sites is 1. The normalized spacial score (nSPS) is 18.6. The second-order valence-corrected chi connectivity index (χ2v) is 9.08. The standard InChI is InChI=1S/C27H26N4O5/c1-27-13-11-24(33)31(27)21-9-3-2-8-20(21)26(35)30(27)14-12-23(32)28-17-18-6-4-7-19(16-18)29-25(34)22-10-5-15-36-22/h2-10,15-16H,11-14,17H2,1H3,(H,28,32)(H,29,34). The van der Waals surface area contributed by atoms with Crippen LogP contribution in [0.3, 0.4) is 0 Å². The number of nitrogens with one attached hydrogen (secondary N) is 2. The second-order valence-electron chi connectivity index (χ2n) is 9.08. The highest BCUT2D eigenvalue weighted by Crippen LogP contribution is 2.43. The predicted octanol–water partition coefficient (Wildman–Crippen LogP) is 3.54. The first kappa shape index (κ1) is 23.3. The van der Waals surface area contributed by atoms with Crippen molar-refractivity contribution in [1.29, 1.82) is 0 Å². The molecular weight excluding hydrogens is 460 g/mol. The number of fused-ring (bicyclic) bond motifs is 3. The summed E-state index contributed by atoms with van der Waals surface area (Å²) in [6.45, 7) is 2.34. The molecule has 0 bridgehead atoms. The summed E-state index contributed by atoms with van der Waals surface area (Å²) in [5.74, 6) is -0.564. The molecule has 36 heavy (non-hydrogen) atoms. The third kappa shape index (κ3) is 4.24. The molecule has 1 fully saturated rings. The molecule has 2 aliphatic heterocycles. The van der Waals surface area contributed by atoms with Gasteiger partial charge in [-0.3, -0.25) is 24.1 Å². The minimum absolute atomic E-state index is 0.0223. The molecule has 2 aliphatic rings. The molecule has 2 aromatic carbocycles. The number of benzene rings is 2. The highest BCUT2D eigenvalue weighted by atomic mass is 16.3. The Balaban J connectivity index is 1.21. The zero-order chi connectivity index (χ0) is 25.3. The number of nitrogens with zero attached hydrogens (tertiary/aromatic N) is 2. The first-order valence-corrected chi connectivity index (χ1v) is 11.8. The molecule has 0 radical (unpaired) electrons. The van der Waals surface area contributed by atoms with E-state index in [2.05, 4.69) is 10.6 Å². The van der Waals surface area contributed by atoms with Crippen molar-refractivity contribution in [3.63, 3.8) is 0 Å². The van der Waals surface area contributed by atoms with E-state index in [1.807, 2.05) is 19.1 Å². The predicted molar refractivity (Wildman–Crippen MR) is 132 cm³/mol. The average Bonchev–Trinajstić information content (AvgIpc) is 3.52. The van der Waals surface area contributed by atoms with Crippen LogP contribution >= 0.6 is 0 Å². The van der Waals surface area contributed by atoms with Crippen molar-refractivity contribution in [2.24, 2.45) is 0 Å². The van der Waals surface area contributed by atoms with Crippen molar-refractivity contribution in [3.05, 3.63) is 83.8 Å². The largest absolute Gasteiger partial charge is 0.459 e. The zero-order valence-electron chi connectivity index (χ0n) is 19.8. The van der Waals surface area contributed by atoms with E-state index in [4.69, 9.17) is 4.42 Å². The molecule has 3 aromatic rings. The summed E-state index contributed by atoms with van der Waals surface area (Å²) in [5.41, 5.74) is 1.71. The summed E-state index contributed by atoms with van der Waals surface area (Å²) in [6, 6.07) is 17.5. The van der Waals surface area contributed by atoms with Crippen LogP contribution in [0.1, 0.15) is 52.7 Å². The molecule has 1 atom stereocenters. The lowest BCUT2D eigenvalue weighted by molar-refractivity contribution is -0.121. The molecule has 3 heterocycles. The van der Waals surface area contributed by atoms with Crippen molar-refractivity contribution in [3.8, 4) is 0 Å². The first-order valence-electron chi connectivity index (χ1n) is 11.8. The molecule has 1 aromatic heterocycles. The van der Waals surface area contributed by atoms with Crippen LogP contribution in [0.5, 0.6) is 0 Å². The Morgan fingerprint density at radius 2 is 1.89 bits per heavy atom. The summed E-state index contributed by atoms with van der Waals surface area (Å²) in [5, 5.41) is 5.63. The SMILES string of the molecule is CC12CCC(=O)N1c1ccccc1C(=O)N2CCC(=O)NCc1cccc(NC(=O)c2ccco2)c1. The minimum Gasteiger partial charge on any atom is -0.459 e. The van der Waals surface area contributed by atoms with Gasteiger partial charge in [0.1, 0.15) is 5.66 Å². The number of furan rings is 1. The lowest BCUT2D eigenvalue weighted by Gasteiger charge is -2.48. The number of rotatable bonds is 7. The zero-order valence-corrected chi connectivity index (χ0v) is 19.8. The first-order chi connectivity index (χ1) is 17.4. The monoisotopic (exact) mass is 486 g/mol. The maximum atomic E-state index is 13.3. The van der Waals surface area contributed by atoms with Gasteiger partial charge < -0.3 is 20.0 Å². The number of hydrogen-bond acceptors (Lipinski definition) is 5. The van der Waals surface area contributed by atoms with Gasteiger partial charge in [-0.05, 0) is 55.3 Å². The van der Waals surface area contributed by atoms with Gasteiger partial charge in [0.05, 0.1) is 17.5 Å². The maximum Gasteiger partial charge on any atom is 0.291 e. The molecule has 2 N–H and O–H groups in total. The van der Waals surface area contributed by atoms with E-state index in [9.17, 15) is 19.2 Å². The van der Waals surface area contributed by atoms with E-state index >= 15 is 0 Å². The number of amides is 4. The molecule has 9 heteroatoms. The van der Waals surface area contributed by atoms with E-state index in [1.165, 1.54) is 6.26 Å². The molecule has 4 amide bonds. The van der Waals surface area contributed by atoms with Crippen LogP contribution in [0.4, 0.5) is 11.4 Å². The fourth-order valence-corrected chi connectivity index (χ4v) is 4.90. The lowest BCUT2D eigenvalue weighted by Crippen LogP contribution is -2.62. The fraction of sp³-hybridized carbons (Fsp3) is 0.259. The van der Waals surface area contributed by atoms with Crippen molar-refractivity contribution < 1.29 is 23.6 Å². The summed E-state index contributed by atoms with van der Waals surface area (Å²) in [4.78, 5) is 54.2. The van der Waals surface area contributed by atoms with Gasteiger partial charge in [-0.2, -0.15) is 0 Å². The molecule has 184 valence electrons. The van der Waals surface area contributed by atoms with Crippen LogP contribution in [-0.2, 0) is 16.1 Å². The van der Waals surface area contributed by atoms with Crippen LogP contribution in [0.25, 0.3) is 0 Å². The third-order valence-corrected chi connectivity index (χ3v) is 6.73. The minimum atomic E-state index is -0.788. The quantitative estimate of drug-likeness (QED) is 0.531. The Labute approximate surface area is 208 Å². The smallest absolute Gasteiger partial charge is 0.291 e. The molecule has 5 rings (SSSR count). The summed E-state index contributed by atoms with van der Waals surface area (Å²) in [6.07, 6.45) is 2.40. The second kappa shape index (κ2) is 9.33. The van der Waals surface area contributed by atoms with Crippen LogP contribution in [0, 0.1) is 0 Å². The van der Waals surface area contributed by atoms with Crippen LogP contribution in [0.15, 0.2) is 71.3 Å². The van der Waals surface area contributed by atoms with Crippen molar-refractivity contribution in [2.45, 2.75) is 38.4 Å². The van der Waals surface area contributed by atoms with Gasteiger partial charge in [-0.25, -0.2) is 0 Å². The van der Waals surface area contributed by atoms with Crippen LogP contribution < -0.4 is 15.5 Å². The van der Waals surface area contributed by atoms with E-state index in [0.29, 0.717) is 29.8 Å². The Morgan fingerprint density at radius 1 is 1.06 bits per heavy atom. The van der Waals surface area contributed by atoms with E-state index in [-0.39, 0.29) is 48.9 Å². The summed E-state index contributed by atoms with van der Waals surface area (Å²) < 4.78 is 5.10. The Kier molecular flexibility index (Phi) is 6.05. The fourth-order valence-electron chi connectivity index (χ4n) is 4.90. The molecule has 1 unspecified atom stereocenters. The lowest BCUT2D eigenvalue weighted by atomic mass is 9.98. The number of anilines is 2. The number of carbonyl (C=O) groups is 4. The molecule has 1 saturated heterocycles. The van der Waals surface area contributed by atoms with Gasteiger partial charge in [0.2, 0.25) is 11.8 Å². The highest BCUT2D eigenvalue weighted by Gasteiger charge is 2.52. The molecule has 0 aliphatic carbocycles. The van der Waals surface area contributed by atoms with Gasteiger partial charge >= 0.3 is 0 Å². The number of carbonyl (C=O) groups excluding carboxylic acids is 4. The van der Waals surface area contributed by atoms with Gasteiger partial charge in [0.15, 0.2) is 5.76 Å². The molecule has 9 nitrogen and oxygen atoms in total. The number of hydrogen-bond donors (Lipinski definition) is 2. The van der Waals surface area contributed by atoms with Crippen molar-refractivity contribution >= 4 is 35.0 Å². The Hall–Kier alpha value is -4.40. The van der Waals surface area contributed by atoms with Crippen LogP contribution in [-0.4, -0.2) is 40.7 Å². The van der Waals surface area contributed by atoms with Crippen LogP contribution in [0.2, 0.25) is 0 Å². The van der Waals surface area contributed by atoms with Gasteiger partial charge in [-0.15, -0.1) is 0 Å². The van der Waals surface area contributed by atoms with Gasteiger partial charge in [0.25, 0.3) is 11.8 Å². The van der Waals surface area contributed by atoms with E-state index in [0.717, 1.165) is 5.56 Å². The Morgan fingerprint density at radius 3 is 2.69 bits per heavy atom. The highest BCUT2D eigenvalue weighted by molar-refractivity contribution is 6.10. The van der Waals surface area contributed by atoms with Crippen molar-refractivity contribution in [1.82, 2.24) is 10.2 Å². The average molecular weight is 487 g/mol. The topological polar surface area (TPSA) is 112 Å². The van der Waals surface area contributed by atoms with E-state index < -0.39 is 5.66 Å². The Bertz CT molecular complexity index is 1340. The van der Waals surface area contributed by atoms with Crippen molar-refractivity contribution in [2.75, 3.05) is 16.8 Å². The summed E-state index contributed by atoms with van der Waals surface area (Å²) in [7, 11) is 0. The molecule has 0 saturated carbocycles. The molecule has 0 spiro atoms. The summed E-state index contributed by atoms with van der Waals surface area (Å²) >= 11 is 0. The van der Waals surface area contributed by atoms with Gasteiger partial charge in [0, 0.05) is 31.6 Å². The van der Waals surface area contributed by atoms with E-state index in [1.54, 1.807) is 58.3 Å².